The molecule has 0 amide bonds. The third kappa shape index (κ3) is 4.89. The van der Waals surface area contributed by atoms with Crippen molar-refractivity contribution in [2.45, 2.75) is 79.1 Å². The summed E-state index contributed by atoms with van der Waals surface area (Å²) in [5, 5.41) is 0. The number of unbranched alkanes of at least 4 members (excludes halogenated alkanes) is 1. The normalized spacial score (nSPS) is 26.8. The van der Waals surface area contributed by atoms with Gasteiger partial charge in [0.15, 0.2) is 0 Å². The van der Waals surface area contributed by atoms with Crippen LogP contribution in [0.15, 0.2) is 0 Å². The van der Waals surface area contributed by atoms with Crippen molar-refractivity contribution < 1.29 is 0 Å². The molecule has 1 aliphatic rings. The Kier molecular flexibility index (Phi) is 6.46. The monoisotopic (exact) mass is 224 g/mol. The zero-order valence-electron chi connectivity index (χ0n) is 12.0. The highest BCUT2D eigenvalue weighted by Crippen LogP contribution is 2.37. The van der Waals surface area contributed by atoms with Crippen molar-refractivity contribution in [2.75, 3.05) is 0 Å². The van der Waals surface area contributed by atoms with Crippen molar-refractivity contribution in [3.8, 4) is 0 Å². The van der Waals surface area contributed by atoms with Crippen LogP contribution in [0.5, 0.6) is 0 Å². The van der Waals surface area contributed by atoms with Crippen molar-refractivity contribution in [1.29, 1.82) is 0 Å². The van der Waals surface area contributed by atoms with E-state index < -0.39 is 0 Å². The number of hydrogen-bond acceptors (Lipinski definition) is 0. The van der Waals surface area contributed by atoms with Crippen LogP contribution >= 0.6 is 0 Å². The molecule has 0 heterocycles. The third-order valence-electron chi connectivity index (χ3n) is 4.53. The summed E-state index contributed by atoms with van der Waals surface area (Å²) in [5.74, 6) is 4.02. The van der Waals surface area contributed by atoms with E-state index in [9.17, 15) is 0 Å². The van der Waals surface area contributed by atoms with Gasteiger partial charge in [-0.1, -0.05) is 66.2 Å². The lowest BCUT2D eigenvalue weighted by molar-refractivity contribution is 0.187. The van der Waals surface area contributed by atoms with Gasteiger partial charge in [-0.2, -0.15) is 0 Å². The smallest absolute Gasteiger partial charge is 0.0391 e. The number of hydrogen-bond donors (Lipinski definition) is 0. The zero-order chi connectivity index (χ0) is 12.0. The van der Waals surface area contributed by atoms with Gasteiger partial charge in [-0.3, -0.25) is 0 Å². The molecule has 0 aromatic heterocycles. The van der Waals surface area contributed by atoms with Gasteiger partial charge in [0.1, 0.15) is 0 Å². The maximum atomic E-state index is 2.41. The first kappa shape index (κ1) is 14.1. The lowest BCUT2D eigenvalue weighted by Crippen LogP contribution is -2.21. The van der Waals surface area contributed by atoms with Gasteiger partial charge in [-0.25, -0.2) is 0 Å². The maximum Gasteiger partial charge on any atom is -0.0391 e. The molecule has 0 N–H and O–H groups in total. The van der Waals surface area contributed by atoms with Crippen LogP contribution in [-0.2, 0) is 0 Å². The Hall–Kier alpha value is 0. The molecule has 0 heteroatoms. The van der Waals surface area contributed by atoms with E-state index in [1.165, 1.54) is 51.4 Å². The Morgan fingerprint density at radius 1 is 1.06 bits per heavy atom. The van der Waals surface area contributed by atoms with Gasteiger partial charge in [-0.15, -0.1) is 0 Å². The van der Waals surface area contributed by atoms with E-state index in [1.807, 2.05) is 0 Å². The molecule has 1 saturated carbocycles. The highest BCUT2D eigenvalue weighted by molar-refractivity contribution is 4.76. The van der Waals surface area contributed by atoms with E-state index in [-0.39, 0.29) is 0 Å². The van der Waals surface area contributed by atoms with Crippen LogP contribution in [0.2, 0.25) is 0 Å². The Labute approximate surface area is 103 Å². The molecule has 96 valence electrons. The molecule has 1 unspecified atom stereocenters. The van der Waals surface area contributed by atoms with Crippen molar-refractivity contribution in [3.63, 3.8) is 0 Å². The molecule has 0 spiro atoms. The van der Waals surface area contributed by atoms with Crippen molar-refractivity contribution in [3.05, 3.63) is 0 Å². The Bertz CT molecular complexity index is 165. The van der Waals surface area contributed by atoms with Crippen molar-refractivity contribution in [2.24, 2.45) is 23.7 Å². The van der Waals surface area contributed by atoms with E-state index in [0.29, 0.717) is 0 Å². The van der Waals surface area contributed by atoms with Gasteiger partial charge in [0, 0.05) is 0 Å². The molecule has 1 rings (SSSR count). The highest BCUT2D eigenvalue weighted by Gasteiger charge is 2.24. The van der Waals surface area contributed by atoms with Crippen LogP contribution in [0.1, 0.15) is 79.1 Å². The molecule has 0 radical (unpaired) electrons. The van der Waals surface area contributed by atoms with Crippen molar-refractivity contribution >= 4 is 0 Å². The summed E-state index contributed by atoms with van der Waals surface area (Å²) in [6.07, 6.45) is 11.8. The van der Waals surface area contributed by atoms with E-state index in [2.05, 4.69) is 27.7 Å². The fraction of sp³-hybridized carbons (Fsp3) is 1.00. The Morgan fingerprint density at radius 3 is 2.19 bits per heavy atom. The first-order chi connectivity index (χ1) is 7.63. The summed E-state index contributed by atoms with van der Waals surface area (Å²) >= 11 is 0. The fourth-order valence-electron chi connectivity index (χ4n) is 3.25. The maximum absolute atomic E-state index is 2.41. The highest BCUT2D eigenvalue weighted by atomic mass is 14.3. The van der Waals surface area contributed by atoms with E-state index >= 15 is 0 Å². The average Bonchev–Trinajstić information content (AvgIpc) is 2.19. The van der Waals surface area contributed by atoms with Gasteiger partial charge in [0.25, 0.3) is 0 Å². The van der Waals surface area contributed by atoms with E-state index in [1.54, 1.807) is 0 Å². The van der Waals surface area contributed by atoms with Crippen LogP contribution in [0.25, 0.3) is 0 Å². The molecule has 1 fully saturated rings. The summed E-state index contributed by atoms with van der Waals surface area (Å²) in [5.41, 5.74) is 0. The fourth-order valence-corrected chi connectivity index (χ4v) is 3.25. The second-order valence-corrected chi connectivity index (χ2v) is 6.52. The van der Waals surface area contributed by atoms with Gasteiger partial charge in [0.2, 0.25) is 0 Å². The van der Waals surface area contributed by atoms with Gasteiger partial charge < -0.3 is 0 Å². The molecule has 0 aromatic rings. The molecule has 0 aromatic carbocycles. The molecular formula is C16H32. The van der Waals surface area contributed by atoms with Crippen LogP contribution in [-0.4, -0.2) is 0 Å². The minimum atomic E-state index is 0.895. The number of rotatable bonds is 8. The average molecular weight is 224 g/mol. The Balaban J connectivity index is 2.07. The summed E-state index contributed by atoms with van der Waals surface area (Å²) in [6, 6.07) is 0. The second kappa shape index (κ2) is 7.35. The van der Waals surface area contributed by atoms with Crippen LogP contribution < -0.4 is 0 Å². The quantitative estimate of drug-likeness (QED) is 0.498. The molecule has 0 nitrogen and oxygen atoms in total. The zero-order valence-corrected chi connectivity index (χ0v) is 12.0. The largest absolute Gasteiger partial charge is 0.0654 e. The van der Waals surface area contributed by atoms with Gasteiger partial charge in [-0.05, 0) is 36.5 Å². The van der Waals surface area contributed by atoms with E-state index in [4.69, 9.17) is 0 Å². The second-order valence-electron chi connectivity index (χ2n) is 6.52. The first-order valence-corrected chi connectivity index (χ1v) is 7.63. The minimum Gasteiger partial charge on any atom is -0.0654 e. The standard InChI is InChI=1S/C16H32/c1-5-6-9-16(13(2)3)10-7-8-15-11-14(4)12-15/h13-16H,5-12H2,1-4H3. The minimum absolute atomic E-state index is 0.895. The van der Waals surface area contributed by atoms with E-state index in [0.717, 1.165) is 23.7 Å². The van der Waals surface area contributed by atoms with Crippen LogP contribution in [0.3, 0.4) is 0 Å². The molecule has 1 aliphatic carbocycles. The Morgan fingerprint density at radius 2 is 1.69 bits per heavy atom. The SMILES string of the molecule is CCCCC(CCCC1CC(C)C1)C(C)C. The van der Waals surface area contributed by atoms with Gasteiger partial charge >= 0.3 is 0 Å². The lowest BCUT2D eigenvalue weighted by atomic mass is 9.73. The molecule has 16 heavy (non-hydrogen) atoms. The molecule has 1 atom stereocenters. The molecular weight excluding hydrogens is 192 g/mol. The molecule has 0 saturated heterocycles. The summed E-state index contributed by atoms with van der Waals surface area (Å²) in [6.45, 7) is 9.53. The summed E-state index contributed by atoms with van der Waals surface area (Å²) in [4.78, 5) is 0. The first-order valence-electron chi connectivity index (χ1n) is 7.63. The van der Waals surface area contributed by atoms with Crippen LogP contribution in [0.4, 0.5) is 0 Å². The topological polar surface area (TPSA) is 0 Å². The predicted octanol–water partition coefficient (Wildman–Crippen LogP) is 5.67. The van der Waals surface area contributed by atoms with Crippen molar-refractivity contribution in [1.82, 2.24) is 0 Å². The molecule has 0 bridgehead atoms. The third-order valence-corrected chi connectivity index (χ3v) is 4.53. The lowest BCUT2D eigenvalue weighted by Gasteiger charge is -2.33. The van der Waals surface area contributed by atoms with Crippen LogP contribution in [0, 0.1) is 23.7 Å². The van der Waals surface area contributed by atoms with Gasteiger partial charge in [0.05, 0.1) is 0 Å². The summed E-state index contributed by atoms with van der Waals surface area (Å²) in [7, 11) is 0. The molecule has 0 aliphatic heterocycles. The summed E-state index contributed by atoms with van der Waals surface area (Å²) < 4.78 is 0. The predicted molar refractivity (Wildman–Crippen MR) is 73.6 cm³/mol.